The van der Waals surface area contributed by atoms with Crippen molar-refractivity contribution in [1.29, 1.82) is 0 Å². The van der Waals surface area contributed by atoms with Gasteiger partial charge in [0.2, 0.25) is 0 Å². The van der Waals surface area contributed by atoms with E-state index in [2.05, 4.69) is 9.88 Å². The minimum atomic E-state index is -3.68. The second-order valence-corrected chi connectivity index (χ2v) is 6.44. The van der Waals surface area contributed by atoms with Crippen molar-refractivity contribution in [2.75, 3.05) is 4.72 Å². The number of oxime groups is 1. The molecule has 0 radical (unpaired) electrons. The number of nitrogens with one attached hydrogen (secondary N) is 1. The van der Waals surface area contributed by atoms with Crippen molar-refractivity contribution in [3.8, 4) is 0 Å². The van der Waals surface area contributed by atoms with Crippen LogP contribution in [0.15, 0.2) is 64.6 Å². The minimum Gasteiger partial charge on any atom is -0.411 e. The molecule has 0 saturated heterocycles. The second kappa shape index (κ2) is 7.09. The summed E-state index contributed by atoms with van der Waals surface area (Å²) < 4.78 is 27.4. The summed E-state index contributed by atoms with van der Waals surface area (Å²) in [4.78, 5) is 0.183. The van der Waals surface area contributed by atoms with Crippen LogP contribution in [0.5, 0.6) is 0 Å². The van der Waals surface area contributed by atoms with Gasteiger partial charge in [0.25, 0.3) is 10.0 Å². The standard InChI is InChI=1S/C16H18N2O3S/c1-2-8-15(17-19)14-11-6-7-12-16(14)18-22(20,21)13-9-4-3-5-10-13/h3-7,9-12,18-19H,2,8H2,1H3/b17-15+. The summed E-state index contributed by atoms with van der Waals surface area (Å²) in [6.07, 6.45) is 1.35. The third-order valence-electron chi connectivity index (χ3n) is 3.14. The van der Waals surface area contributed by atoms with Crippen LogP contribution in [-0.2, 0) is 10.0 Å². The van der Waals surface area contributed by atoms with Gasteiger partial charge in [-0.3, -0.25) is 4.72 Å². The van der Waals surface area contributed by atoms with Crippen LogP contribution in [-0.4, -0.2) is 19.3 Å². The van der Waals surface area contributed by atoms with E-state index in [9.17, 15) is 8.42 Å². The fourth-order valence-corrected chi connectivity index (χ4v) is 3.20. The minimum absolute atomic E-state index is 0.183. The van der Waals surface area contributed by atoms with Gasteiger partial charge < -0.3 is 5.21 Å². The third-order valence-corrected chi connectivity index (χ3v) is 4.52. The SMILES string of the molecule is CCC/C(=N\O)c1ccccc1NS(=O)(=O)c1ccccc1. The first-order chi connectivity index (χ1) is 10.6. The molecule has 0 saturated carbocycles. The van der Waals surface area contributed by atoms with Gasteiger partial charge in [-0.2, -0.15) is 0 Å². The predicted molar refractivity (Wildman–Crippen MR) is 86.9 cm³/mol. The maximum absolute atomic E-state index is 12.4. The van der Waals surface area contributed by atoms with Crippen LogP contribution in [0.2, 0.25) is 0 Å². The lowest BCUT2D eigenvalue weighted by Gasteiger charge is -2.13. The summed E-state index contributed by atoms with van der Waals surface area (Å²) in [5.74, 6) is 0. The Morgan fingerprint density at radius 3 is 2.36 bits per heavy atom. The summed E-state index contributed by atoms with van der Waals surface area (Å²) >= 11 is 0. The molecule has 0 heterocycles. The lowest BCUT2D eigenvalue weighted by Crippen LogP contribution is -2.15. The number of hydrogen-bond donors (Lipinski definition) is 2. The number of benzene rings is 2. The van der Waals surface area contributed by atoms with E-state index in [0.29, 0.717) is 23.4 Å². The first kappa shape index (κ1) is 16.0. The van der Waals surface area contributed by atoms with E-state index in [4.69, 9.17) is 5.21 Å². The predicted octanol–water partition coefficient (Wildman–Crippen LogP) is 3.47. The van der Waals surface area contributed by atoms with Crippen LogP contribution in [0.4, 0.5) is 5.69 Å². The maximum Gasteiger partial charge on any atom is 0.261 e. The fourth-order valence-electron chi connectivity index (χ4n) is 2.10. The van der Waals surface area contributed by atoms with Crippen molar-refractivity contribution in [2.45, 2.75) is 24.7 Å². The first-order valence-corrected chi connectivity index (χ1v) is 8.45. The van der Waals surface area contributed by atoms with Gasteiger partial charge >= 0.3 is 0 Å². The number of sulfonamides is 1. The molecule has 0 aliphatic rings. The van der Waals surface area contributed by atoms with E-state index in [0.717, 1.165) is 6.42 Å². The van der Waals surface area contributed by atoms with Gasteiger partial charge in [0.1, 0.15) is 0 Å². The molecular formula is C16H18N2O3S. The summed E-state index contributed by atoms with van der Waals surface area (Å²) in [5, 5.41) is 12.5. The Hall–Kier alpha value is -2.34. The molecule has 6 heteroatoms. The van der Waals surface area contributed by atoms with Crippen molar-refractivity contribution in [3.63, 3.8) is 0 Å². The summed E-state index contributed by atoms with van der Waals surface area (Å²) in [6, 6.07) is 15.0. The number of para-hydroxylation sites is 1. The topological polar surface area (TPSA) is 78.8 Å². The van der Waals surface area contributed by atoms with Crippen molar-refractivity contribution in [1.82, 2.24) is 0 Å². The molecule has 2 N–H and O–H groups in total. The molecule has 0 aliphatic heterocycles. The zero-order valence-corrected chi connectivity index (χ0v) is 13.0. The highest BCUT2D eigenvalue weighted by atomic mass is 32.2. The molecule has 116 valence electrons. The van der Waals surface area contributed by atoms with Gasteiger partial charge in [0.05, 0.1) is 16.3 Å². The van der Waals surface area contributed by atoms with Crippen LogP contribution in [0.3, 0.4) is 0 Å². The Balaban J connectivity index is 2.39. The zero-order valence-electron chi connectivity index (χ0n) is 12.2. The fraction of sp³-hybridized carbons (Fsp3) is 0.188. The van der Waals surface area contributed by atoms with Gasteiger partial charge in [0, 0.05) is 5.56 Å². The maximum atomic E-state index is 12.4. The highest BCUT2D eigenvalue weighted by Gasteiger charge is 2.17. The summed E-state index contributed by atoms with van der Waals surface area (Å²) in [5.41, 5.74) is 1.42. The number of hydrogen-bond acceptors (Lipinski definition) is 4. The monoisotopic (exact) mass is 318 g/mol. The Morgan fingerprint density at radius 1 is 1.09 bits per heavy atom. The van der Waals surface area contributed by atoms with Crippen molar-refractivity contribution in [3.05, 3.63) is 60.2 Å². The third kappa shape index (κ3) is 3.65. The molecule has 22 heavy (non-hydrogen) atoms. The van der Waals surface area contributed by atoms with Gasteiger partial charge in [-0.25, -0.2) is 8.42 Å². The molecule has 0 amide bonds. The van der Waals surface area contributed by atoms with Crippen LogP contribution >= 0.6 is 0 Å². The quantitative estimate of drug-likeness (QED) is 0.486. The summed E-state index contributed by atoms with van der Waals surface area (Å²) in [7, 11) is -3.68. The van der Waals surface area contributed by atoms with Crippen LogP contribution in [0, 0.1) is 0 Å². The van der Waals surface area contributed by atoms with Gasteiger partial charge in [-0.1, -0.05) is 54.9 Å². The average Bonchev–Trinajstić information content (AvgIpc) is 2.54. The molecule has 0 spiro atoms. The van der Waals surface area contributed by atoms with Gasteiger partial charge in [-0.05, 0) is 24.6 Å². The van der Waals surface area contributed by atoms with E-state index in [1.807, 2.05) is 6.92 Å². The second-order valence-electron chi connectivity index (χ2n) is 4.76. The molecule has 5 nitrogen and oxygen atoms in total. The molecule has 0 bridgehead atoms. The van der Waals surface area contributed by atoms with E-state index in [1.165, 1.54) is 12.1 Å². The molecule has 0 atom stereocenters. The van der Waals surface area contributed by atoms with Crippen LogP contribution < -0.4 is 4.72 Å². The lowest BCUT2D eigenvalue weighted by atomic mass is 10.0. The van der Waals surface area contributed by atoms with E-state index in [1.54, 1.807) is 42.5 Å². The number of anilines is 1. The van der Waals surface area contributed by atoms with Crippen molar-refractivity contribution in [2.24, 2.45) is 5.16 Å². The normalized spacial score (nSPS) is 12.1. The van der Waals surface area contributed by atoms with Crippen molar-refractivity contribution >= 4 is 21.4 Å². The number of nitrogens with zero attached hydrogens (tertiary/aromatic N) is 1. The van der Waals surface area contributed by atoms with E-state index in [-0.39, 0.29) is 4.90 Å². The molecule has 0 aliphatic carbocycles. The van der Waals surface area contributed by atoms with Crippen molar-refractivity contribution < 1.29 is 13.6 Å². The number of rotatable bonds is 6. The van der Waals surface area contributed by atoms with E-state index >= 15 is 0 Å². The molecule has 0 unspecified atom stereocenters. The molecule has 2 aromatic rings. The molecule has 2 aromatic carbocycles. The highest BCUT2D eigenvalue weighted by molar-refractivity contribution is 7.92. The Kier molecular flexibility index (Phi) is 5.16. The van der Waals surface area contributed by atoms with Gasteiger partial charge in [-0.15, -0.1) is 0 Å². The Labute approximate surface area is 130 Å². The average molecular weight is 318 g/mol. The lowest BCUT2D eigenvalue weighted by molar-refractivity contribution is 0.318. The molecular weight excluding hydrogens is 300 g/mol. The summed E-state index contributed by atoms with van der Waals surface area (Å²) in [6.45, 7) is 1.96. The smallest absolute Gasteiger partial charge is 0.261 e. The highest BCUT2D eigenvalue weighted by Crippen LogP contribution is 2.22. The molecule has 2 rings (SSSR count). The van der Waals surface area contributed by atoms with Crippen LogP contribution in [0.25, 0.3) is 0 Å². The Bertz CT molecular complexity index is 756. The first-order valence-electron chi connectivity index (χ1n) is 6.96. The van der Waals surface area contributed by atoms with Crippen LogP contribution in [0.1, 0.15) is 25.3 Å². The Morgan fingerprint density at radius 2 is 1.73 bits per heavy atom. The molecule has 0 aromatic heterocycles. The largest absolute Gasteiger partial charge is 0.411 e. The van der Waals surface area contributed by atoms with Gasteiger partial charge in [0.15, 0.2) is 0 Å². The van der Waals surface area contributed by atoms with E-state index < -0.39 is 10.0 Å². The molecule has 0 fully saturated rings. The zero-order chi connectivity index (χ0) is 16.0.